The fraction of sp³-hybridized carbons (Fsp3) is 0.375. The number of hydrogen-bond acceptors (Lipinski definition) is 3. The molecular formula is C16H19BrN3O+. The van der Waals surface area contributed by atoms with Crippen LogP contribution in [0.1, 0.15) is 19.4 Å². The van der Waals surface area contributed by atoms with Gasteiger partial charge in [0.25, 0.3) is 0 Å². The van der Waals surface area contributed by atoms with Crippen LogP contribution in [-0.2, 0) is 12.3 Å². The maximum Gasteiger partial charge on any atom is 0.396 e. The molecule has 0 radical (unpaired) electrons. The van der Waals surface area contributed by atoms with E-state index in [1.807, 2.05) is 46.0 Å². The summed E-state index contributed by atoms with van der Waals surface area (Å²) in [5.74, 6) is 1.24. The zero-order valence-corrected chi connectivity index (χ0v) is 13.8. The summed E-state index contributed by atoms with van der Waals surface area (Å²) < 4.78 is 2.97. The van der Waals surface area contributed by atoms with E-state index in [9.17, 15) is 5.11 Å². The minimum Gasteiger partial charge on any atom is -0.353 e. The Morgan fingerprint density at radius 3 is 2.95 bits per heavy atom. The van der Waals surface area contributed by atoms with Gasteiger partial charge in [-0.3, -0.25) is 0 Å². The van der Waals surface area contributed by atoms with Gasteiger partial charge in [0.15, 0.2) is 0 Å². The summed E-state index contributed by atoms with van der Waals surface area (Å²) in [5.41, 5.74) is -0.182. The van der Waals surface area contributed by atoms with E-state index in [1.54, 1.807) is 6.20 Å². The van der Waals surface area contributed by atoms with Crippen LogP contribution >= 0.6 is 15.9 Å². The third-order valence-corrected chi connectivity index (χ3v) is 4.21. The van der Waals surface area contributed by atoms with Crippen molar-refractivity contribution < 1.29 is 9.67 Å². The fourth-order valence-electron chi connectivity index (χ4n) is 2.81. The molecule has 0 saturated heterocycles. The highest BCUT2D eigenvalue weighted by molar-refractivity contribution is 9.10. The van der Waals surface area contributed by atoms with E-state index in [4.69, 9.17) is 0 Å². The van der Waals surface area contributed by atoms with Crippen molar-refractivity contribution in [1.82, 2.24) is 4.98 Å². The second-order valence-corrected chi connectivity index (χ2v) is 6.79. The van der Waals surface area contributed by atoms with Gasteiger partial charge in [0, 0.05) is 16.1 Å². The first-order valence-electron chi connectivity index (χ1n) is 7.11. The van der Waals surface area contributed by atoms with E-state index in [0.717, 1.165) is 22.5 Å². The normalized spacial score (nSPS) is 20.9. The molecule has 1 unspecified atom stereocenters. The van der Waals surface area contributed by atoms with Gasteiger partial charge in [-0.25, -0.2) is 9.47 Å². The van der Waals surface area contributed by atoms with Gasteiger partial charge < -0.3 is 5.11 Å². The molecule has 0 saturated carbocycles. The second kappa shape index (κ2) is 5.39. The van der Waals surface area contributed by atoms with Crippen LogP contribution in [0.3, 0.4) is 0 Å². The molecule has 0 bridgehead atoms. The summed E-state index contributed by atoms with van der Waals surface area (Å²) in [5, 5.41) is 11.4. The first-order valence-corrected chi connectivity index (χ1v) is 7.90. The molecule has 1 aliphatic heterocycles. The average Bonchev–Trinajstić information content (AvgIpc) is 2.73. The second-order valence-electron chi connectivity index (χ2n) is 5.88. The first kappa shape index (κ1) is 14.5. The number of benzene rings is 1. The molecule has 1 aliphatic rings. The Hall–Kier alpha value is -1.46. The Morgan fingerprint density at radius 2 is 2.24 bits per heavy atom. The van der Waals surface area contributed by atoms with Crippen molar-refractivity contribution in [2.24, 2.45) is 5.92 Å². The molecule has 5 heteroatoms. The standard InChI is InChI=1S/C16H19BrN3O/c1-12(2)10-20-15-18-7-4-8-19(15)11-16(20,21)13-5-3-6-14(17)9-13/h3-9,12,21H,10-11H2,1-2H3/q+1. The smallest absolute Gasteiger partial charge is 0.353 e. The molecule has 3 rings (SSSR count). The van der Waals surface area contributed by atoms with Crippen LogP contribution in [0.15, 0.2) is 47.2 Å². The van der Waals surface area contributed by atoms with Crippen LogP contribution in [0.25, 0.3) is 0 Å². The number of aliphatic hydroxyl groups is 1. The number of fused-ring (bicyclic) bond motifs is 1. The summed E-state index contributed by atoms with van der Waals surface area (Å²) in [6.45, 7) is 5.53. The van der Waals surface area contributed by atoms with Crippen LogP contribution in [-0.4, -0.2) is 16.6 Å². The lowest BCUT2D eigenvalue weighted by Crippen LogP contribution is -2.47. The molecule has 1 N–H and O–H groups in total. The van der Waals surface area contributed by atoms with Gasteiger partial charge in [-0.2, -0.15) is 0 Å². The molecule has 21 heavy (non-hydrogen) atoms. The van der Waals surface area contributed by atoms with Gasteiger partial charge in [-0.1, -0.05) is 46.9 Å². The lowest BCUT2D eigenvalue weighted by Gasteiger charge is -2.29. The molecular weight excluding hydrogens is 330 g/mol. The average molecular weight is 349 g/mol. The van der Waals surface area contributed by atoms with Gasteiger partial charge in [0.1, 0.15) is 12.7 Å². The first-order chi connectivity index (χ1) is 10.0. The number of hydrogen-bond donors (Lipinski definition) is 1. The zero-order chi connectivity index (χ0) is 15.0. The monoisotopic (exact) mass is 348 g/mol. The minimum absolute atomic E-state index is 0.428. The number of halogens is 1. The zero-order valence-electron chi connectivity index (χ0n) is 12.2. The number of nitrogens with zero attached hydrogens (tertiary/aromatic N) is 3. The van der Waals surface area contributed by atoms with Crippen LogP contribution < -0.4 is 9.47 Å². The molecule has 2 aromatic rings. The molecule has 4 nitrogen and oxygen atoms in total. The largest absolute Gasteiger partial charge is 0.396 e. The fourth-order valence-corrected chi connectivity index (χ4v) is 3.21. The summed E-state index contributed by atoms with van der Waals surface area (Å²) in [6, 6.07) is 9.74. The molecule has 0 amide bonds. The minimum atomic E-state index is -1.06. The van der Waals surface area contributed by atoms with Gasteiger partial charge in [-0.15, -0.1) is 0 Å². The molecule has 0 fully saturated rings. The Labute approximate surface area is 133 Å². The van der Waals surface area contributed by atoms with Crippen molar-refractivity contribution in [3.05, 3.63) is 52.8 Å². The highest BCUT2D eigenvalue weighted by Gasteiger charge is 2.51. The molecule has 0 spiro atoms. The third-order valence-electron chi connectivity index (χ3n) is 3.71. The Morgan fingerprint density at radius 1 is 1.43 bits per heavy atom. The highest BCUT2D eigenvalue weighted by atomic mass is 79.9. The summed E-state index contributed by atoms with van der Waals surface area (Å²) in [6.07, 6.45) is 3.73. The quantitative estimate of drug-likeness (QED) is 0.866. The van der Waals surface area contributed by atoms with Crippen molar-refractivity contribution in [1.29, 1.82) is 0 Å². The van der Waals surface area contributed by atoms with Crippen molar-refractivity contribution in [3.8, 4) is 0 Å². The molecule has 1 aromatic carbocycles. The Bertz CT molecular complexity index is 661. The van der Waals surface area contributed by atoms with Crippen molar-refractivity contribution in [2.45, 2.75) is 26.1 Å². The van der Waals surface area contributed by atoms with Gasteiger partial charge in [0.05, 0.1) is 12.7 Å². The highest BCUT2D eigenvalue weighted by Crippen LogP contribution is 2.35. The number of rotatable bonds is 3. The molecule has 1 aromatic heterocycles. The van der Waals surface area contributed by atoms with Crippen LogP contribution in [0.5, 0.6) is 0 Å². The molecule has 110 valence electrons. The van der Waals surface area contributed by atoms with E-state index in [-0.39, 0.29) is 0 Å². The third kappa shape index (κ3) is 2.56. The van der Waals surface area contributed by atoms with Gasteiger partial charge in [-0.05, 0) is 18.1 Å². The van der Waals surface area contributed by atoms with E-state index in [0.29, 0.717) is 12.5 Å². The lowest BCUT2D eigenvalue weighted by molar-refractivity contribution is -0.685. The molecule has 1 atom stereocenters. The summed E-state index contributed by atoms with van der Waals surface area (Å²) >= 11 is 3.49. The van der Waals surface area contributed by atoms with Crippen LogP contribution in [0, 0.1) is 5.92 Å². The summed E-state index contributed by atoms with van der Waals surface area (Å²) in [4.78, 5) is 6.45. The van der Waals surface area contributed by atoms with E-state index in [2.05, 4.69) is 34.8 Å². The van der Waals surface area contributed by atoms with E-state index >= 15 is 0 Å². The Kier molecular flexibility index (Phi) is 3.71. The maximum absolute atomic E-state index is 11.4. The Balaban J connectivity index is 2.09. The van der Waals surface area contributed by atoms with Crippen LogP contribution in [0.4, 0.5) is 5.95 Å². The maximum atomic E-state index is 11.4. The number of aromatic nitrogens is 2. The molecule has 2 heterocycles. The van der Waals surface area contributed by atoms with Crippen molar-refractivity contribution in [3.63, 3.8) is 0 Å². The SMILES string of the molecule is CC(C)CN1c2nccc[n+]2CC1(O)c1cccc(Br)c1. The van der Waals surface area contributed by atoms with Crippen molar-refractivity contribution in [2.75, 3.05) is 11.4 Å². The topological polar surface area (TPSA) is 40.2 Å². The van der Waals surface area contributed by atoms with E-state index < -0.39 is 5.72 Å². The molecule has 0 aliphatic carbocycles. The number of anilines is 1. The van der Waals surface area contributed by atoms with Crippen LogP contribution in [0.2, 0.25) is 0 Å². The lowest BCUT2D eigenvalue weighted by atomic mass is 10.0. The predicted molar refractivity (Wildman–Crippen MR) is 84.7 cm³/mol. The van der Waals surface area contributed by atoms with Gasteiger partial charge >= 0.3 is 5.95 Å². The van der Waals surface area contributed by atoms with Crippen molar-refractivity contribution >= 4 is 21.9 Å². The predicted octanol–water partition coefficient (Wildman–Crippen LogP) is 2.45. The van der Waals surface area contributed by atoms with Gasteiger partial charge in [0.2, 0.25) is 5.72 Å². The van der Waals surface area contributed by atoms with E-state index in [1.165, 1.54) is 0 Å². The summed E-state index contributed by atoms with van der Waals surface area (Å²) in [7, 11) is 0.